The summed E-state index contributed by atoms with van der Waals surface area (Å²) in [7, 11) is -1.97. The lowest BCUT2D eigenvalue weighted by molar-refractivity contribution is -0.150. The number of hydrogen-bond donors (Lipinski definition) is 3. The molecule has 3 N–H and O–H groups in total. The van der Waals surface area contributed by atoms with E-state index in [-0.39, 0.29) is 49.9 Å². The van der Waals surface area contributed by atoms with Gasteiger partial charge in [0.1, 0.15) is 5.75 Å². The first-order valence-corrected chi connectivity index (χ1v) is 20.3. The van der Waals surface area contributed by atoms with Crippen molar-refractivity contribution in [3.05, 3.63) is 89.5 Å². The maximum Gasteiger partial charge on any atom is 0.264 e. The van der Waals surface area contributed by atoms with E-state index in [9.17, 15) is 19.5 Å². The first-order chi connectivity index (χ1) is 24.0. The molecule has 0 aliphatic carbocycles. The van der Waals surface area contributed by atoms with Crippen molar-refractivity contribution in [2.24, 2.45) is 5.92 Å². The van der Waals surface area contributed by atoms with Gasteiger partial charge in [0.2, 0.25) is 20.2 Å². The Morgan fingerprint density at radius 3 is 2.50 bits per heavy atom. The third kappa shape index (κ3) is 6.94. The molecule has 266 valence electrons. The van der Waals surface area contributed by atoms with Crippen molar-refractivity contribution in [1.82, 2.24) is 10.2 Å². The smallest absolute Gasteiger partial charge is 0.264 e. The van der Waals surface area contributed by atoms with Crippen LogP contribution in [0.4, 0.5) is 15.5 Å². The van der Waals surface area contributed by atoms with E-state index < -0.39 is 31.6 Å². The molecule has 2 saturated heterocycles. The highest BCUT2D eigenvalue weighted by Crippen LogP contribution is 2.60. The highest BCUT2D eigenvalue weighted by atomic mass is 28.4. The molecule has 5 atom stereocenters. The average Bonchev–Trinajstić information content (AvgIpc) is 3.79. The first kappa shape index (κ1) is 35.7. The van der Waals surface area contributed by atoms with Crippen LogP contribution in [0.3, 0.4) is 0 Å². The molecule has 6 rings (SSSR count). The van der Waals surface area contributed by atoms with E-state index in [2.05, 4.69) is 10.6 Å². The highest BCUT2D eigenvalue weighted by Gasteiger charge is 2.67. The molecule has 0 unspecified atom stereocenters. The van der Waals surface area contributed by atoms with Gasteiger partial charge in [0.05, 0.1) is 44.5 Å². The number of benzene rings is 3. The minimum Gasteiger partial charge on any atom is -0.497 e. The third-order valence-corrected chi connectivity index (χ3v) is 12.9. The standard InChI is InChI=1S/C38H47FN4O6Si/c1-25-35(50(3,4)39)33(22-34(45)42(19-20-44)23-26-9-6-5-7-10-26)49-38(25)30-21-29(48-2)16-17-32(30)43(37(38)47)24-27-12-14-28(15-13-27)41-36(46)31-11-8-18-40-31/h5-7,9-10,12-17,21,25,31,33,35,40,44H,8,11,18-20,22-24H2,1-4H3,(H,41,46)/t25-,31+,33+,35-,38+/m0/s1. The number of fused-ring (bicyclic) bond motifs is 2. The highest BCUT2D eigenvalue weighted by molar-refractivity contribution is 6.72. The Bertz CT molecular complexity index is 1700. The van der Waals surface area contributed by atoms with Gasteiger partial charge in [-0.3, -0.25) is 14.4 Å². The van der Waals surface area contributed by atoms with Gasteiger partial charge in [0.15, 0.2) is 5.60 Å². The van der Waals surface area contributed by atoms with Crippen LogP contribution in [0.1, 0.15) is 42.9 Å². The number of nitrogens with zero attached hydrogens (tertiary/aromatic N) is 2. The minimum absolute atomic E-state index is 0.0661. The summed E-state index contributed by atoms with van der Waals surface area (Å²) in [5.41, 5.74) is 1.46. The van der Waals surface area contributed by atoms with Crippen molar-refractivity contribution in [3.63, 3.8) is 0 Å². The van der Waals surface area contributed by atoms with Gasteiger partial charge in [-0.2, -0.15) is 0 Å². The fraction of sp³-hybridized carbons (Fsp3) is 0.447. The summed E-state index contributed by atoms with van der Waals surface area (Å²) in [6.07, 6.45) is 0.790. The summed E-state index contributed by atoms with van der Waals surface area (Å²) >= 11 is 0. The lowest BCUT2D eigenvalue weighted by atomic mass is 9.82. The molecule has 3 heterocycles. The molecule has 50 heavy (non-hydrogen) atoms. The number of amides is 3. The number of methoxy groups -OCH3 is 1. The maximum atomic E-state index is 16.4. The van der Waals surface area contributed by atoms with E-state index in [0.29, 0.717) is 29.2 Å². The van der Waals surface area contributed by atoms with E-state index >= 15 is 4.11 Å². The number of ether oxygens (including phenoxy) is 2. The van der Waals surface area contributed by atoms with Crippen molar-refractivity contribution in [3.8, 4) is 5.75 Å². The maximum absolute atomic E-state index is 16.4. The number of carbonyl (C=O) groups excluding carboxylic acids is 3. The summed E-state index contributed by atoms with van der Waals surface area (Å²) in [4.78, 5) is 44.5. The summed E-state index contributed by atoms with van der Waals surface area (Å²) in [6.45, 7) is 6.32. The van der Waals surface area contributed by atoms with Crippen molar-refractivity contribution in [2.75, 3.05) is 37.0 Å². The molecule has 3 amide bonds. The number of anilines is 2. The molecular weight excluding hydrogens is 656 g/mol. The summed E-state index contributed by atoms with van der Waals surface area (Å²) in [5.74, 6) is -0.700. The lowest BCUT2D eigenvalue weighted by Gasteiger charge is -2.31. The van der Waals surface area contributed by atoms with Crippen molar-refractivity contribution >= 4 is 37.5 Å². The van der Waals surface area contributed by atoms with Crippen LogP contribution in [0.5, 0.6) is 5.75 Å². The summed E-state index contributed by atoms with van der Waals surface area (Å²) in [6, 6.07) is 22.1. The average molecular weight is 703 g/mol. The van der Waals surface area contributed by atoms with E-state index in [0.717, 1.165) is 30.5 Å². The van der Waals surface area contributed by atoms with Gasteiger partial charge < -0.3 is 39.1 Å². The van der Waals surface area contributed by atoms with Crippen LogP contribution in [0.25, 0.3) is 0 Å². The van der Waals surface area contributed by atoms with Crippen molar-refractivity contribution < 1.29 is 33.1 Å². The Morgan fingerprint density at radius 1 is 1.12 bits per heavy atom. The molecular formula is C38H47FN4O6Si. The second-order valence-corrected chi connectivity index (χ2v) is 17.9. The zero-order valence-corrected chi connectivity index (χ0v) is 30.2. The molecule has 0 radical (unpaired) electrons. The molecule has 0 saturated carbocycles. The molecule has 2 fully saturated rings. The fourth-order valence-electron chi connectivity index (χ4n) is 8.04. The first-order valence-electron chi connectivity index (χ1n) is 17.4. The third-order valence-electron chi connectivity index (χ3n) is 10.4. The molecule has 1 spiro atoms. The van der Waals surface area contributed by atoms with Crippen LogP contribution in [0.15, 0.2) is 72.8 Å². The SMILES string of the molecule is COc1ccc2c(c1)[C@@]1(O[C@H](CC(=O)N(CCO)Cc3ccccc3)[C@@H]([Si](C)(C)F)[C@@H]1C)C(=O)N2Cc1ccc(NC(=O)[C@H]2CCCN2)cc1. The normalized spacial score (nSPS) is 24.4. The van der Waals surface area contributed by atoms with Crippen LogP contribution in [-0.2, 0) is 37.8 Å². The van der Waals surface area contributed by atoms with Gasteiger partial charge in [-0.05, 0) is 73.9 Å². The number of rotatable bonds is 12. The predicted octanol–water partition coefficient (Wildman–Crippen LogP) is 5.12. The van der Waals surface area contributed by atoms with Gasteiger partial charge in [-0.15, -0.1) is 0 Å². The largest absolute Gasteiger partial charge is 0.497 e. The summed E-state index contributed by atoms with van der Waals surface area (Å²) in [5, 5.41) is 16.0. The zero-order chi connectivity index (χ0) is 35.6. The van der Waals surface area contributed by atoms with E-state index in [1.165, 1.54) is 0 Å². The molecule has 0 aromatic heterocycles. The molecule has 3 aliphatic heterocycles. The number of aliphatic hydroxyl groups excluding tert-OH is 1. The van der Waals surface area contributed by atoms with Crippen LogP contribution in [-0.4, -0.2) is 75.1 Å². The van der Waals surface area contributed by atoms with Gasteiger partial charge in [-0.1, -0.05) is 49.4 Å². The Kier molecular flexibility index (Phi) is 10.5. The molecule has 0 bridgehead atoms. The number of aliphatic hydroxyl groups is 1. The van der Waals surface area contributed by atoms with Crippen LogP contribution in [0, 0.1) is 5.92 Å². The monoisotopic (exact) mass is 702 g/mol. The molecule has 10 nitrogen and oxygen atoms in total. The zero-order valence-electron chi connectivity index (χ0n) is 29.2. The Labute approximate surface area is 294 Å². The van der Waals surface area contributed by atoms with Crippen molar-refractivity contribution in [2.45, 2.75) is 75.7 Å². The number of nitrogens with one attached hydrogen (secondary N) is 2. The van der Waals surface area contributed by atoms with Crippen LogP contribution >= 0.6 is 0 Å². The van der Waals surface area contributed by atoms with Gasteiger partial charge in [0.25, 0.3) is 5.91 Å². The Balaban J connectivity index is 1.28. The Morgan fingerprint density at radius 2 is 1.86 bits per heavy atom. The molecule has 3 aliphatic rings. The number of hydrogen-bond acceptors (Lipinski definition) is 7. The topological polar surface area (TPSA) is 120 Å². The number of halogens is 1. The fourth-order valence-corrected chi connectivity index (χ4v) is 10.5. The lowest BCUT2D eigenvalue weighted by Crippen LogP contribution is -2.45. The van der Waals surface area contributed by atoms with Gasteiger partial charge >= 0.3 is 0 Å². The van der Waals surface area contributed by atoms with Crippen LogP contribution in [0.2, 0.25) is 18.6 Å². The van der Waals surface area contributed by atoms with E-state index in [1.54, 1.807) is 42.1 Å². The Hall–Kier alpha value is -4.10. The van der Waals surface area contributed by atoms with Crippen LogP contribution < -0.4 is 20.3 Å². The van der Waals surface area contributed by atoms with E-state index in [4.69, 9.17) is 9.47 Å². The van der Waals surface area contributed by atoms with Crippen molar-refractivity contribution in [1.29, 1.82) is 0 Å². The molecule has 3 aromatic rings. The van der Waals surface area contributed by atoms with Gasteiger partial charge in [-0.25, -0.2) is 0 Å². The summed E-state index contributed by atoms with van der Waals surface area (Å²) < 4.78 is 28.8. The number of carbonyl (C=O) groups is 3. The molecule has 12 heteroatoms. The minimum atomic E-state index is -3.52. The molecule has 3 aromatic carbocycles. The quantitative estimate of drug-likeness (QED) is 0.177. The van der Waals surface area contributed by atoms with E-state index in [1.807, 2.05) is 67.6 Å². The predicted molar refractivity (Wildman–Crippen MR) is 192 cm³/mol. The second-order valence-electron chi connectivity index (χ2n) is 14.1. The van der Waals surface area contributed by atoms with Gasteiger partial charge in [0, 0.05) is 35.8 Å². The second kappa shape index (κ2) is 14.6.